The van der Waals surface area contributed by atoms with E-state index in [-0.39, 0.29) is 17.5 Å². The Morgan fingerprint density at radius 1 is 0.846 bits per heavy atom. The summed E-state index contributed by atoms with van der Waals surface area (Å²) in [6.07, 6.45) is -2.43. The van der Waals surface area contributed by atoms with Crippen LogP contribution in [0.5, 0.6) is 0 Å². The normalized spacial score (nSPS) is 16.7. The van der Waals surface area contributed by atoms with Crippen LogP contribution in [0.2, 0.25) is 0 Å². The molecule has 1 fully saturated rings. The average Bonchev–Trinajstić information content (AvgIpc) is 2.67. The van der Waals surface area contributed by atoms with E-state index >= 15 is 0 Å². The number of benzene rings is 2. The summed E-state index contributed by atoms with van der Waals surface area (Å²) in [4.78, 5) is 15.7. The second-order valence-electron chi connectivity index (χ2n) is 6.76. The number of carbonyl (C=O) groups excluding carboxylic acids is 1. The van der Waals surface area contributed by atoms with Crippen molar-refractivity contribution in [1.82, 2.24) is 9.80 Å². The molecule has 0 spiro atoms. The van der Waals surface area contributed by atoms with E-state index in [1.165, 1.54) is 17.7 Å². The number of rotatable bonds is 4. The van der Waals surface area contributed by atoms with Gasteiger partial charge in [-0.05, 0) is 23.6 Å². The molecule has 1 amide bonds. The minimum atomic E-state index is -2.43. The first-order valence-electron chi connectivity index (χ1n) is 8.93. The van der Waals surface area contributed by atoms with Gasteiger partial charge < -0.3 is 4.90 Å². The molecule has 26 heavy (non-hydrogen) atoms. The highest BCUT2D eigenvalue weighted by atomic mass is 19.3. The summed E-state index contributed by atoms with van der Waals surface area (Å²) >= 11 is 0. The van der Waals surface area contributed by atoms with Gasteiger partial charge in [-0.1, -0.05) is 48.5 Å². The van der Waals surface area contributed by atoms with Gasteiger partial charge in [-0.15, -0.1) is 0 Å². The van der Waals surface area contributed by atoms with Crippen LogP contribution in [0.1, 0.15) is 37.4 Å². The highest BCUT2D eigenvalue weighted by Crippen LogP contribution is 2.27. The van der Waals surface area contributed by atoms with E-state index in [1.54, 1.807) is 19.1 Å². The fourth-order valence-electron chi connectivity index (χ4n) is 3.41. The Labute approximate surface area is 153 Å². The fourth-order valence-corrected chi connectivity index (χ4v) is 3.41. The van der Waals surface area contributed by atoms with Crippen molar-refractivity contribution in [1.29, 1.82) is 0 Å². The van der Waals surface area contributed by atoms with E-state index in [4.69, 9.17) is 0 Å². The molecule has 1 atom stereocenters. The first-order chi connectivity index (χ1) is 12.5. The van der Waals surface area contributed by atoms with Crippen molar-refractivity contribution in [2.24, 2.45) is 0 Å². The lowest BCUT2D eigenvalue weighted by molar-refractivity contribution is -0.130. The van der Waals surface area contributed by atoms with Crippen LogP contribution < -0.4 is 0 Å². The Morgan fingerprint density at radius 2 is 1.31 bits per heavy atom. The topological polar surface area (TPSA) is 23.6 Å². The number of hydrogen-bond acceptors (Lipinski definition) is 2. The lowest BCUT2D eigenvalue weighted by Crippen LogP contribution is -2.48. The van der Waals surface area contributed by atoms with Gasteiger partial charge in [0.2, 0.25) is 5.91 Å². The third-order valence-corrected chi connectivity index (χ3v) is 5.20. The van der Waals surface area contributed by atoms with Crippen LogP contribution in [0.4, 0.5) is 8.78 Å². The number of carbonyl (C=O) groups is 1. The third kappa shape index (κ3) is 4.10. The Bertz CT molecular complexity index is 736. The number of nitrogens with zero attached hydrogens (tertiary/aromatic N) is 2. The van der Waals surface area contributed by atoms with Gasteiger partial charge >= 0.3 is 0 Å². The molecule has 1 aliphatic rings. The van der Waals surface area contributed by atoms with Crippen LogP contribution in [0, 0.1) is 0 Å². The van der Waals surface area contributed by atoms with Crippen molar-refractivity contribution >= 4 is 5.91 Å². The monoisotopic (exact) mass is 358 g/mol. The van der Waals surface area contributed by atoms with Crippen LogP contribution in [-0.4, -0.2) is 41.9 Å². The Hall–Kier alpha value is -2.27. The molecule has 138 valence electrons. The first-order valence-corrected chi connectivity index (χ1v) is 8.93. The van der Waals surface area contributed by atoms with Gasteiger partial charge in [-0.3, -0.25) is 9.69 Å². The second-order valence-corrected chi connectivity index (χ2v) is 6.76. The van der Waals surface area contributed by atoms with Gasteiger partial charge in [0.1, 0.15) is 0 Å². The van der Waals surface area contributed by atoms with Gasteiger partial charge in [0.05, 0.1) is 0 Å². The SMILES string of the molecule is CC(=O)N1CCN(C(C)c2ccc(-c3ccc(C(F)F)cc3)cc2)CC1. The molecule has 0 bridgehead atoms. The molecule has 0 aliphatic carbocycles. The molecular weight excluding hydrogens is 334 g/mol. The molecule has 0 saturated carbocycles. The van der Waals surface area contributed by atoms with Crippen LogP contribution in [-0.2, 0) is 4.79 Å². The maximum Gasteiger partial charge on any atom is 0.263 e. The van der Waals surface area contributed by atoms with E-state index < -0.39 is 6.43 Å². The standard InChI is InChI=1S/C21H24F2N2O/c1-15(24-11-13-25(14-12-24)16(2)26)17-3-5-18(6-4-17)19-7-9-20(10-8-19)21(22)23/h3-10,15,21H,11-14H2,1-2H3. The van der Waals surface area contributed by atoms with E-state index in [9.17, 15) is 13.6 Å². The summed E-state index contributed by atoms with van der Waals surface area (Å²) in [6.45, 7) is 7.08. The summed E-state index contributed by atoms with van der Waals surface area (Å²) in [5.41, 5.74) is 3.21. The number of alkyl halides is 2. The summed E-state index contributed by atoms with van der Waals surface area (Å²) in [5.74, 6) is 0.138. The number of halogens is 2. The van der Waals surface area contributed by atoms with E-state index in [0.29, 0.717) is 0 Å². The molecule has 1 unspecified atom stereocenters. The Morgan fingerprint density at radius 3 is 1.73 bits per heavy atom. The minimum absolute atomic E-state index is 0.0451. The predicted molar refractivity (Wildman–Crippen MR) is 99.1 cm³/mol. The molecule has 2 aromatic carbocycles. The van der Waals surface area contributed by atoms with Crippen molar-refractivity contribution in [3.8, 4) is 11.1 Å². The highest BCUT2D eigenvalue weighted by Gasteiger charge is 2.23. The van der Waals surface area contributed by atoms with E-state index in [2.05, 4.69) is 24.0 Å². The Kier molecular flexibility index (Phi) is 5.67. The van der Waals surface area contributed by atoms with Crippen LogP contribution in [0.25, 0.3) is 11.1 Å². The molecule has 0 radical (unpaired) electrons. The maximum absolute atomic E-state index is 12.7. The molecule has 1 aliphatic heterocycles. The molecule has 1 heterocycles. The predicted octanol–water partition coefficient (Wildman–Crippen LogP) is 4.52. The second kappa shape index (κ2) is 7.96. The maximum atomic E-state index is 12.7. The van der Waals surface area contributed by atoms with Crippen molar-refractivity contribution in [2.75, 3.05) is 26.2 Å². The van der Waals surface area contributed by atoms with Gasteiger partial charge in [-0.2, -0.15) is 0 Å². The summed E-state index contributed by atoms with van der Waals surface area (Å²) < 4.78 is 25.3. The van der Waals surface area contributed by atoms with E-state index in [0.717, 1.165) is 37.3 Å². The van der Waals surface area contributed by atoms with Crippen molar-refractivity contribution in [3.05, 3.63) is 59.7 Å². The van der Waals surface area contributed by atoms with Crippen LogP contribution in [0.15, 0.2) is 48.5 Å². The lowest BCUT2D eigenvalue weighted by atomic mass is 9.99. The minimum Gasteiger partial charge on any atom is -0.340 e. The molecule has 3 nitrogen and oxygen atoms in total. The largest absolute Gasteiger partial charge is 0.340 e. The quantitative estimate of drug-likeness (QED) is 0.802. The Balaban J connectivity index is 1.66. The van der Waals surface area contributed by atoms with Crippen molar-refractivity contribution in [2.45, 2.75) is 26.3 Å². The zero-order valence-electron chi connectivity index (χ0n) is 15.2. The van der Waals surface area contributed by atoms with Gasteiger partial charge in [-0.25, -0.2) is 8.78 Å². The summed E-state index contributed by atoms with van der Waals surface area (Å²) in [6, 6.07) is 15.0. The van der Waals surface area contributed by atoms with Gasteiger partial charge in [0.25, 0.3) is 6.43 Å². The third-order valence-electron chi connectivity index (χ3n) is 5.20. The van der Waals surface area contributed by atoms with Gasteiger partial charge in [0.15, 0.2) is 0 Å². The molecule has 2 aromatic rings. The number of piperazine rings is 1. The smallest absolute Gasteiger partial charge is 0.263 e. The molecule has 0 aromatic heterocycles. The van der Waals surface area contributed by atoms with E-state index in [1.807, 2.05) is 17.0 Å². The average molecular weight is 358 g/mol. The van der Waals surface area contributed by atoms with Crippen molar-refractivity contribution in [3.63, 3.8) is 0 Å². The van der Waals surface area contributed by atoms with Crippen LogP contribution >= 0.6 is 0 Å². The zero-order valence-corrected chi connectivity index (χ0v) is 15.2. The van der Waals surface area contributed by atoms with Crippen LogP contribution in [0.3, 0.4) is 0 Å². The molecule has 5 heteroatoms. The number of amides is 1. The lowest BCUT2D eigenvalue weighted by Gasteiger charge is -2.37. The zero-order chi connectivity index (χ0) is 18.7. The highest BCUT2D eigenvalue weighted by molar-refractivity contribution is 5.73. The molecule has 0 N–H and O–H groups in total. The molecular formula is C21H24F2N2O. The summed E-state index contributed by atoms with van der Waals surface area (Å²) in [5, 5.41) is 0. The fraction of sp³-hybridized carbons (Fsp3) is 0.381. The number of hydrogen-bond donors (Lipinski definition) is 0. The molecule has 3 rings (SSSR count). The first kappa shape index (κ1) is 18.5. The van der Waals surface area contributed by atoms with Crippen molar-refractivity contribution < 1.29 is 13.6 Å². The molecule has 1 saturated heterocycles. The summed E-state index contributed by atoms with van der Waals surface area (Å²) in [7, 11) is 0. The van der Waals surface area contributed by atoms with Gasteiger partial charge in [0, 0.05) is 44.7 Å².